The van der Waals surface area contributed by atoms with Gasteiger partial charge in [0.2, 0.25) is 0 Å². The van der Waals surface area contributed by atoms with Gasteiger partial charge >= 0.3 is 0 Å². The summed E-state index contributed by atoms with van der Waals surface area (Å²) in [4.78, 5) is 2.61. The predicted molar refractivity (Wildman–Crippen MR) is 65.8 cm³/mol. The molecule has 0 aromatic heterocycles. The lowest BCUT2D eigenvalue weighted by molar-refractivity contribution is 0.260. The summed E-state index contributed by atoms with van der Waals surface area (Å²) < 4.78 is 0. The van der Waals surface area contributed by atoms with Crippen molar-refractivity contribution in [1.29, 1.82) is 0 Å². The second-order valence-electron chi connectivity index (χ2n) is 4.38. The van der Waals surface area contributed by atoms with Crippen LogP contribution in [0.5, 0.6) is 0 Å². The van der Waals surface area contributed by atoms with Crippen LogP contribution in [-0.4, -0.2) is 42.6 Å². The van der Waals surface area contributed by atoms with E-state index in [0.717, 1.165) is 18.5 Å². The highest BCUT2D eigenvalue weighted by atomic mass is 32.2. The monoisotopic (exact) mass is 216 g/mol. The van der Waals surface area contributed by atoms with Crippen LogP contribution < -0.4 is 5.73 Å². The molecule has 2 atom stereocenters. The summed E-state index contributed by atoms with van der Waals surface area (Å²) in [6.45, 7) is 5.71. The van der Waals surface area contributed by atoms with Crippen LogP contribution in [0.25, 0.3) is 0 Å². The van der Waals surface area contributed by atoms with Gasteiger partial charge in [-0.05, 0) is 57.2 Å². The maximum absolute atomic E-state index is 5.70. The zero-order valence-electron chi connectivity index (χ0n) is 9.54. The summed E-state index contributed by atoms with van der Waals surface area (Å²) in [5.74, 6) is 2.06. The fraction of sp³-hybridized carbons (Fsp3) is 1.00. The van der Waals surface area contributed by atoms with Crippen LogP contribution in [-0.2, 0) is 0 Å². The zero-order chi connectivity index (χ0) is 10.4. The van der Waals surface area contributed by atoms with Gasteiger partial charge in [0.25, 0.3) is 0 Å². The summed E-state index contributed by atoms with van der Waals surface area (Å²) >= 11 is 1.95. The van der Waals surface area contributed by atoms with Crippen LogP contribution in [0.1, 0.15) is 26.2 Å². The first kappa shape index (κ1) is 12.3. The summed E-state index contributed by atoms with van der Waals surface area (Å²) in [6, 6.07) is 0.762. The van der Waals surface area contributed by atoms with Gasteiger partial charge in [0, 0.05) is 12.6 Å². The number of nitrogens with zero attached hydrogens (tertiary/aromatic N) is 1. The third-order valence-electron chi connectivity index (χ3n) is 3.17. The molecule has 0 amide bonds. The molecule has 1 aliphatic heterocycles. The van der Waals surface area contributed by atoms with E-state index in [2.05, 4.69) is 18.1 Å². The minimum Gasteiger partial charge on any atom is -0.330 e. The minimum absolute atomic E-state index is 0.755. The van der Waals surface area contributed by atoms with E-state index in [1.165, 1.54) is 38.1 Å². The molecule has 0 aromatic carbocycles. The van der Waals surface area contributed by atoms with Gasteiger partial charge in [0.05, 0.1) is 0 Å². The van der Waals surface area contributed by atoms with Crippen molar-refractivity contribution in [2.24, 2.45) is 11.7 Å². The van der Waals surface area contributed by atoms with Crippen molar-refractivity contribution in [1.82, 2.24) is 4.90 Å². The van der Waals surface area contributed by atoms with Crippen LogP contribution in [0.4, 0.5) is 0 Å². The Hall–Kier alpha value is 0.270. The largest absolute Gasteiger partial charge is 0.330 e. The lowest BCUT2D eigenvalue weighted by Gasteiger charge is -2.20. The maximum atomic E-state index is 5.70. The molecule has 0 bridgehead atoms. The second-order valence-corrected chi connectivity index (χ2v) is 5.37. The highest BCUT2D eigenvalue weighted by molar-refractivity contribution is 7.98. The molecular weight excluding hydrogens is 192 g/mol. The van der Waals surface area contributed by atoms with E-state index in [4.69, 9.17) is 5.73 Å². The third-order valence-corrected chi connectivity index (χ3v) is 3.86. The molecule has 0 aromatic rings. The van der Waals surface area contributed by atoms with E-state index >= 15 is 0 Å². The Labute approximate surface area is 92.6 Å². The van der Waals surface area contributed by atoms with Gasteiger partial charge in [-0.1, -0.05) is 0 Å². The van der Waals surface area contributed by atoms with Crippen LogP contribution >= 0.6 is 11.8 Å². The summed E-state index contributed by atoms with van der Waals surface area (Å²) in [5.41, 5.74) is 5.70. The topological polar surface area (TPSA) is 29.3 Å². The molecule has 2 nitrogen and oxygen atoms in total. The molecule has 84 valence electrons. The van der Waals surface area contributed by atoms with Crippen molar-refractivity contribution in [2.45, 2.75) is 32.2 Å². The van der Waals surface area contributed by atoms with Crippen molar-refractivity contribution in [3.8, 4) is 0 Å². The van der Waals surface area contributed by atoms with Crippen molar-refractivity contribution in [3.05, 3.63) is 0 Å². The van der Waals surface area contributed by atoms with Crippen molar-refractivity contribution >= 4 is 11.8 Å². The van der Waals surface area contributed by atoms with Gasteiger partial charge < -0.3 is 10.6 Å². The van der Waals surface area contributed by atoms with Crippen LogP contribution in [0.3, 0.4) is 0 Å². The minimum atomic E-state index is 0.755. The number of hydrogen-bond acceptors (Lipinski definition) is 3. The first-order valence-electron chi connectivity index (χ1n) is 5.71. The normalized spacial score (nSPS) is 28.5. The van der Waals surface area contributed by atoms with Crippen molar-refractivity contribution < 1.29 is 0 Å². The molecule has 2 unspecified atom stereocenters. The van der Waals surface area contributed by atoms with E-state index in [0.29, 0.717) is 0 Å². The van der Waals surface area contributed by atoms with Crippen molar-refractivity contribution in [2.75, 3.05) is 31.6 Å². The van der Waals surface area contributed by atoms with Gasteiger partial charge in [-0.15, -0.1) is 0 Å². The average Bonchev–Trinajstić information content (AvgIpc) is 2.54. The Morgan fingerprint density at radius 2 is 2.21 bits per heavy atom. The molecular formula is C11H24N2S. The number of hydrogen-bond donors (Lipinski definition) is 1. The molecule has 1 fully saturated rings. The Morgan fingerprint density at radius 1 is 1.43 bits per heavy atom. The fourth-order valence-electron chi connectivity index (χ4n) is 2.26. The van der Waals surface area contributed by atoms with Crippen LogP contribution in [0.15, 0.2) is 0 Å². The quantitative estimate of drug-likeness (QED) is 0.687. The standard InChI is InChI=1S/C11H24N2S/c1-10-7-11(8-12)9-13(10)5-3-4-6-14-2/h10-11H,3-9,12H2,1-2H3. The molecule has 0 saturated carbocycles. The first-order chi connectivity index (χ1) is 6.77. The highest BCUT2D eigenvalue weighted by Gasteiger charge is 2.26. The molecule has 1 aliphatic rings. The second kappa shape index (κ2) is 6.70. The Bertz CT molecular complexity index is 152. The van der Waals surface area contributed by atoms with Crippen LogP contribution in [0.2, 0.25) is 0 Å². The molecule has 1 rings (SSSR count). The molecule has 1 saturated heterocycles. The Balaban J connectivity index is 2.12. The predicted octanol–water partition coefficient (Wildman–Crippen LogP) is 1.80. The van der Waals surface area contributed by atoms with Gasteiger partial charge in [-0.25, -0.2) is 0 Å². The number of unbranched alkanes of at least 4 members (excludes halogenated alkanes) is 1. The SMILES string of the molecule is CSCCCCN1CC(CN)CC1C. The Morgan fingerprint density at radius 3 is 2.79 bits per heavy atom. The first-order valence-corrected chi connectivity index (χ1v) is 7.10. The van der Waals surface area contributed by atoms with E-state index in [-0.39, 0.29) is 0 Å². The van der Waals surface area contributed by atoms with Crippen LogP contribution in [0, 0.1) is 5.92 Å². The zero-order valence-corrected chi connectivity index (χ0v) is 10.4. The fourth-order valence-corrected chi connectivity index (χ4v) is 2.75. The molecule has 0 aliphatic carbocycles. The summed E-state index contributed by atoms with van der Waals surface area (Å²) in [5, 5.41) is 0. The molecule has 0 spiro atoms. The molecule has 1 heterocycles. The maximum Gasteiger partial charge on any atom is 0.00706 e. The lowest BCUT2D eigenvalue weighted by atomic mass is 10.1. The highest BCUT2D eigenvalue weighted by Crippen LogP contribution is 2.22. The third kappa shape index (κ3) is 3.79. The summed E-state index contributed by atoms with van der Waals surface area (Å²) in [7, 11) is 0. The van der Waals surface area contributed by atoms with E-state index < -0.39 is 0 Å². The number of likely N-dealkylation sites (tertiary alicyclic amines) is 1. The Kier molecular flexibility index (Phi) is 5.90. The lowest BCUT2D eigenvalue weighted by Crippen LogP contribution is -2.29. The molecule has 14 heavy (non-hydrogen) atoms. The molecule has 0 radical (unpaired) electrons. The number of nitrogens with two attached hydrogens (primary N) is 1. The molecule has 2 N–H and O–H groups in total. The van der Waals surface area contributed by atoms with E-state index in [9.17, 15) is 0 Å². The van der Waals surface area contributed by atoms with E-state index in [1.54, 1.807) is 0 Å². The van der Waals surface area contributed by atoms with Gasteiger partial charge in [-0.2, -0.15) is 11.8 Å². The average molecular weight is 216 g/mol. The van der Waals surface area contributed by atoms with Gasteiger partial charge in [0.15, 0.2) is 0 Å². The van der Waals surface area contributed by atoms with Gasteiger partial charge in [0.1, 0.15) is 0 Å². The number of rotatable bonds is 6. The summed E-state index contributed by atoms with van der Waals surface area (Å²) in [6.07, 6.45) is 6.20. The number of thioether (sulfide) groups is 1. The van der Waals surface area contributed by atoms with Crippen molar-refractivity contribution in [3.63, 3.8) is 0 Å². The van der Waals surface area contributed by atoms with Gasteiger partial charge in [-0.3, -0.25) is 0 Å². The molecule has 3 heteroatoms. The smallest absolute Gasteiger partial charge is 0.00706 e. The van der Waals surface area contributed by atoms with E-state index in [1.807, 2.05) is 11.8 Å².